The van der Waals surface area contributed by atoms with Crippen molar-refractivity contribution in [1.29, 1.82) is 0 Å². The maximum absolute atomic E-state index is 5.33. The van der Waals surface area contributed by atoms with Gasteiger partial charge in [0.1, 0.15) is 0 Å². The van der Waals surface area contributed by atoms with E-state index in [0.717, 1.165) is 23.9 Å². The predicted octanol–water partition coefficient (Wildman–Crippen LogP) is 1.74. The Bertz CT molecular complexity index is 326. The van der Waals surface area contributed by atoms with E-state index in [4.69, 9.17) is 4.52 Å². The van der Waals surface area contributed by atoms with Crippen LogP contribution in [0.15, 0.2) is 4.52 Å². The highest BCUT2D eigenvalue weighted by Gasteiger charge is 2.22. The topological polar surface area (TPSA) is 51.0 Å². The van der Waals surface area contributed by atoms with E-state index in [1.165, 1.54) is 11.5 Å². The molecule has 1 aromatic rings. The molecule has 4 nitrogen and oxygen atoms in total. The van der Waals surface area contributed by atoms with Crippen molar-refractivity contribution in [3.63, 3.8) is 0 Å². The second-order valence-corrected chi connectivity index (χ2v) is 6.34. The molecule has 0 spiro atoms. The molecule has 2 unspecified atom stereocenters. The molecule has 1 saturated heterocycles. The minimum atomic E-state index is 0.388. The number of likely N-dealkylation sites (N-methyl/N-ethyl adjacent to an activating group) is 1. The van der Waals surface area contributed by atoms with Gasteiger partial charge in [-0.3, -0.25) is 0 Å². The first kappa shape index (κ1) is 12.3. The fraction of sp³-hybridized carbons (Fsp3) is 0.800. The Morgan fingerprint density at radius 2 is 2.44 bits per heavy atom. The molecule has 16 heavy (non-hydrogen) atoms. The molecule has 0 bridgehead atoms. The van der Waals surface area contributed by atoms with Gasteiger partial charge in [-0.15, -0.1) is 11.8 Å². The van der Waals surface area contributed by atoms with Gasteiger partial charge in [0.2, 0.25) is 5.89 Å². The first-order valence-corrected chi connectivity index (χ1v) is 7.69. The number of nitrogens with one attached hydrogen (secondary N) is 1. The summed E-state index contributed by atoms with van der Waals surface area (Å²) in [4.78, 5) is 4.47. The number of thioether (sulfide) groups is 2. The lowest BCUT2D eigenvalue weighted by molar-refractivity contribution is 0.373. The molecule has 90 valence electrons. The number of rotatable bonds is 4. The molecule has 1 aliphatic rings. The molecule has 2 rings (SSSR count). The normalized spacial score (nSPS) is 23.2. The van der Waals surface area contributed by atoms with Gasteiger partial charge in [-0.25, -0.2) is 0 Å². The Kier molecular flexibility index (Phi) is 4.55. The van der Waals surface area contributed by atoms with Gasteiger partial charge in [0.05, 0.1) is 5.25 Å². The molecule has 6 heteroatoms. The molecule has 0 radical (unpaired) electrons. The lowest BCUT2D eigenvalue weighted by Crippen LogP contribution is -2.24. The third kappa shape index (κ3) is 3.15. The van der Waals surface area contributed by atoms with Crippen LogP contribution in [0.25, 0.3) is 0 Å². The van der Waals surface area contributed by atoms with Crippen LogP contribution < -0.4 is 5.32 Å². The molecule has 0 saturated carbocycles. The van der Waals surface area contributed by atoms with Crippen LogP contribution in [0, 0.1) is 0 Å². The van der Waals surface area contributed by atoms with E-state index in [-0.39, 0.29) is 0 Å². The van der Waals surface area contributed by atoms with Gasteiger partial charge in [-0.1, -0.05) is 5.16 Å². The van der Waals surface area contributed by atoms with Crippen molar-refractivity contribution in [2.45, 2.75) is 24.6 Å². The highest BCUT2D eigenvalue weighted by Crippen LogP contribution is 2.35. The average molecular weight is 259 g/mol. The maximum atomic E-state index is 5.33. The molecule has 0 aromatic carbocycles. The van der Waals surface area contributed by atoms with Crippen molar-refractivity contribution in [2.75, 3.05) is 24.3 Å². The van der Waals surface area contributed by atoms with Crippen LogP contribution in [0.3, 0.4) is 0 Å². The number of aromatic nitrogens is 2. The van der Waals surface area contributed by atoms with Gasteiger partial charge in [0.15, 0.2) is 5.82 Å². The third-order valence-corrected chi connectivity index (χ3v) is 5.30. The highest BCUT2D eigenvalue weighted by atomic mass is 32.2. The summed E-state index contributed by atoms with van der Waals surface area (Å²) in [5, 5.41) is 7.60. The van der Waals surface area contributed by atoms with E-state index in [1.54, 1.807) is 0 Å². The molecule has 1 aromatic heterocycles. The van der Waals surface area contributed by atoms with Crippen molar-refractivity contribution in [1.82, 2.24) is 15.5 Å². The molecular formula is C10H17N3OS2. The van der Waals surface area contributed by atoms with Crippen LogP contribution in [0.1, 0.15) is 23.9 Å². The fourth-order valence-electron chi connectivity index (χ4n) is 1.49. The molecule has 2 heterocycles. The molecule has 1 N–H and O–H groups in total. The van der Waals surface area contributed by atoms with Gasteiger partial charge in [0, 0.05) is 29.7 Å². The van der Waals surface area contributed by atoms with Crippen LogP contribution in [0.5, 0.6) is 0 Å². The lowest BCUT2D eigenvalue weighted by atomic mass is 10.2. The van der Waals surface area contributed by atoms with Crippen molar-refractivity contribution in [3.05, 3.63) is 11.7 Å². The number of hydrogen-bond donors (Lipinski definition) is 1. The minimum Gasteiger partial charge on any atom is -0.338 e. The Labute approximate surface area is 104 Å². The van der Waals surface area contributed by atoms with Crippen LogP contribution >= 0.6 is 23.5 Å². The van der Waals surface area contributed by atoms with E-state index in [2.05, 4.69) is 22.4 Å². The zero-order valence-electron chi connectivity index (χ0n) is 9.60. The van der Waals surface area contributed by atoms with Gasteiger partial charge in [-0.2, -0.15) is 16.7 Å². The molecule has 0 aliphatic carbocycles. The SMILES string of the molecule is CNC(C)Cc1noc(C2CSCCS2)n1. The van der Waals surface area contributed by atoms with Crippen molar-refractivity contribution < 1.29 is 4.52 Å². The summed E-state index contributed by atoms with van der Waals surface area (Å²) in [6, 6.07) is 0.388. The Balaban J connectivity index is 1.95. The summed E-state index contributed by atoms with van der Waals surface area (Å²) in [6.07, 6.45) is 0.824. The highest BCUT2D eigenvalue weighted by molar-refractivity contribution is 8.06. The van der Waals surface area contributed by atoms with E-state index in [0.29, 0.717) is 11.3 Å². The Morgan fingerprint density at radius 1 is 1.56 bits per heavy atom. The largest absolute Gasteiger partial charge is 0.338 e. The van der Waals surface area contributed by atoms with E-state index in [1.807, 2.05) is 30.6 Å². The molecule has 1 aliphatic heterocycles. The van der Waals surface area contributed by atoms with Crippen molar-refractivity contribution in [2.24, 2.45) is 0 Å². The van der Waals surface area contributed by atoms with Gasteiger partial charge >= 0.3 is 0 Å². The Morgan fingerprint density at radius 3 is 3.12 bits per heavy atom. The first-order valence-electron chi connectivity index (χ1n) is 5.48. The van der Waals surface area contributed by atoms with E-state index < -0.39 is 0 Å². The predicted molar refractivity (Wildman–Crippen MR) is 69.0 cm³/mol. The summed E-state index contributed by atoms with van der Waals surface area (Å²) in [5.41, 5.74) is 0. The maximum Gasteiger partial charge on any atom is 0.240 e. The molecule has 0 amide bonds. The average Bonchev–Trinajstić information content (AvgIpc) is 2.78. The molecule has 2 atom stereocenters. The molecular weight excluding hydrogens is 242 g/mol. The van der Waals surface area contributed by atoms with Crippen molar-refractivity contribution >= 4 is 23.5 Å². The summed E-state index contributed by atoms with van der Waals surface area (Å²) in [6.45, 7) is 2.11. The first-order chi connectivity index (χ1) is 7.79. The summed E-state index contributed by atoms with van der Waals surface area (Å²) < 4.78 is 5.33. The van der Waals surface area contributed by atoms with Crippen LogP contribution in [0.4, 0.5) is 0 Å². The summed E-state index contributed by atoms with van der Waals surface area (Å²) in [5.74, 6) is 5.12. The third-order valence-electron chi connectivity index (χ3n) is 2.56. The fourth-order valence-corrected chi connectivity index (χ4v) is 4.06. The van der Waals surface area contributed by atoms with E-state index >= 15 is 0 Å². The second kappa shape index (κ2) is 5.93. The summed E-state index contributed by atoms with van der Waals surface area (Å²) >= 11 is 3.89. The number of nitrogens with zero attached hydrogens (tertiary/aromatic N) is 2. The summed E-state index contributed by atoms with van der Waals surface area (Å²) in [7, 11) is 1.94. The van der Waals surface area contributed by atoms with Crippen LogP contribution in [-0.4, -0.2) is 40.5 Å². The minimum absolute atomic E-state index is 0.388. The van der Waals surface area contributed by atoms with Crippen LogP contribution in [0.2, 0.25) is 0 Å². The van der Waals surface area contributed by atoms with Gasteiger partial charge in [0.25, 0.3) is 0 Å². The smallest absolute Gasteiger partial charge is 0.240 e. The second-order valence-electron chi connectivity index (χ2n) is 3.88. The molecule has 1 fully saturated rings. The lowest BCUT2D eigenvalue weighted by Gasteiger charge is -2.16. The van der Waals surface area contributed by atoms with Crippen molar-refractivity contribution in [3.8, 4) is 0 Å². The Hall–Kier alpha value is -0.200. The van der Waals surface area contributed by atoms with E-state index in [9.17, 15) is 0 Å². The van der Waals surface area contributed by atoms with Gasteiger partial charge < -0.3 is 9.84 Å². The monoisotopic (exact) mass is 259 g/mol. The number of hydrogen-bond acceptors (Lipinski definition) is 6. The zero-order valence-corrected chi connectivity index (χ0v) is 11.2. The standard InChI is InChI=1S/C10H17N3OS2/c1-7(11-2)5-9-12-10(14-13-9)8-6-15-3-4-16-8/h7-8,11H,3-6H2,1-2H3. The zero-order chi connectivity index (χ0) is 11.4. The van der Waals surface area contributed by atoms with Crippen LogP contribution in [-0.2, 0) is 6.42 Å². The quantitative estimate of drug-likeness (QED) is 0.889. The van der Waals surface area contributed by atoms with Gasteiger partial charge in [-0.05, 0) is 14.0 Å².